The topological polar surface area (TPSA) is 173 Å². The van der Waals surface area contributed by atoms with Crippen LogP contribution in [0.1, 0.15) is 64.9 Å². The zero-order valence-electron chi connectivity index (χ0n) is 37.7. The fourth-order valence-electron chi connectivity index (χ4n) is 8.73. The zero-order chi connectivity index (χ0) is 45.6. The van der Waals surface area contributed by atoms with Gasteiger partial charge in [-0.3, -0.25) is 19.5 Å². The first-order valence-corrected chi connectivity index (χ1v) is 21.6. The second kappa shape index (κ2) is 19.4. The molecular weight excluding hydrogens is 797 g/mol. The molecular formula is C49H62N8O6. The highest BCUT2D eigenvalue weighted by atomic mass is 16.4. The molecule has 0 saturated carbocycles. The minimum Gasteiger partial charge on any atom is -0.465 e. The van der Waals surface area contributed by atoms with Crippen molar-refractivity contribution >= 4 is 35.0 Å². The van der Waals surface area contributed by atoms with Gasteiger partial charge in [0.15, 0.2) is 0 Å². The lowest BCUT2D eigenvalue weighted by molar-refractivity contribution is -0.131. The number of fused-ring (bicyclic) bond motifs is 1. The van der Waals surface area contributed by atoms with Crippen LogP contribution < -0.4 is 10.6 Å². The number of imidazole rings is 1. The van der Waals surface area contributed by atoms with Gasteiger partial charge in [-0.25, -0.2) is 14.6 Å². The van der Waals surface area contributed by atoms with E-state index in [0.29, 0.717) is 26.1 Å². The number of likely N-dealkylation sites (N-methyl/N-ethyl adjacent to an activating group) is 1. The first kappa shape index (κ1) is 46.2. The Labute approximate surface area is 370 Å². The van der Waals surface area contributed by atoms with Crippen LogP contribution in [0, 0.1) is 10.8 Å². The van der Waals surface area contributed by atoms with E-state index >= 15 is 0 Å². The Balaban J connectivity index is 1.26. The smallest absolute Gasteiger partial charge is 0.407 e. The monoisotopic (exact) mass is 858 g/mol. The number of rotatable bonds is 16. The maximum atomic E-state index is 14.7. The number of nitrogens with zero attached hydrogens (tertiary/aromatic N) is 6. The third-order valence-electron chi connectivity index (χ3n) is 11.8. The SMILES string of the molecule is CN(C(=O)O)[C@H](C(=O)N[C@@H](Cc1ccc(-c2ccccn2)cc1)[C@@H](O)C[C@H](Cc1ccccc1)NC(=O)[C@@H](N1CCN(Cc2nc3ccccc3n2C)C1=O)C(C)(C)C)C(C)(C)C. The third kappa shape index (κ3) is 11.2. The van der Waals surface area contributed by atoms with Crippen LogP contribution >= 0.6 is 0 Å². The fraction of sp³-hybridized carbons (Fsp3) is 0.429. The second-order valence-electron chi connectivity index (χ2n) is 18.8. The molecule has 5 amide bonds. The number of para-hydroxylation sites is 2. The molecule has 2 aromatic heterocycles. The zero-order valence-corrected chi connectivity index (χ0v) is 37.7. The number of hydrogen-bond donors (Lipinski definition) is 4. The standard InChI is InChI=1S/C49H62N8O6/c1-48(2,3)42(55(8)47(62)63)44(59)53-38(29-33-21-23-34(24-22-33)36-18-14-15-25-50-36)40(58)30-35(28-32-16-10-9-11-17-32)51-45(60)43(49(4,5)6)57-27-26-56(46(57)61)31-41-52-37-19-12-13-20-39(37)54(41)7/h9-25,35,38,40,42-43,58H,26-31H2,1-8H3,(H,51,60)(H,53,59)(H,62,63)/t35-,38-,40-,42+,43+/m0/s1. The second-order valence-corrected chi connectivity index (χ2v) is 18.8. The molecule has 0 radical (unpaired) electrons. The molecule has 1 saturated heterocycles. The van der Waals surface area contributed by atoms with Crippen molar-refractivity contribution in [2.45, 2.75) is 97.6 Å². The molecule has 63 heavy (non-hydrogen) atoms. The number of carbonyl (C=O) groups excluding carboxylic acids is 3. The van der Waals surface area contributed by atoms with E-state index in [-0.39, 0.29) is 24.8 Å². The molecule has 5 atom stereocenters. The number of aliphatic hydroxyl groups excluding tert-OH is 1. The summed E-state index contributed by atoms with van der Waals surface area (Å²) in [5.74, 6) is -0.154. The van der Waals surface area contributed by atoms with Crippen molar-refractivity contribution in [1.82, 2.24) is 39.9 Å². The summed E-state index contributed by atoms with van der Waals surface area (Å²) in [7, 11) is 3.30. The van der Waals surface area contributed by atoms with Gasteiger partial charge in [0, 0.05) is 45.0 Å². The number of aryl methyl sites for hydroxylation is 1. The van der Waals surface area contributed by atoms with Gasteiger partial charge in [0.25, 0.3) is 0 Å². The van der Waals surface area contributed by atoms with E-state index in [2.05, 4.69) is 15.6 Å². The van der Waals surface area contributed by atoms with Crippen molar-refractivity contribution in [2.24, 2.45) is 17.9 Å². The van der Waals surface area contributed by atoms with Gasteiger partial charge in [0.05, 0.1) is 35.4 Å². The Bertz CT molecular complexity index is 2360. The van der Waals surface area contributed by atoms with Crippen LogP contribution in [0.5, 0.6) is 0 Å². The van der Waals surface area contributed by atoms with E-state index in [0.717, 1.165) is 44.1 Å². The first-order chi connectivity index (χ1) is 29.8. The summed E-state index contributed by atoms with van der Waals surface area (Å²) in [5, 5.41) is 28.5. The van der Waals surface area contributed by atoms with Gasteiger partial charge in [-0.05, 0) is 65.5 Å². The molecule has 1 fully saturated rings. The maximum Gasteiger partial charge on any atom is 0.407 e. The number of amides is 5. The lowest BCUT2D eigenvalue weighted by Gasteiger charge is -2.38. The number of benzene rings is 3. The Hall–Kier alpha value is -6.28. The summed E-state index contributed by atoms with van der Waals surface area (Å²) in [6, 6.07) is 27.2. The van der Waals surface area contributed by atoms with Crippen molar-refractivity contribution in [2.75, 3.05) is 20.1 Å². The number of pyridine rings is 1. The number of hydrogen-bond acceptors (Lipinski definition) is 7. The number of aromatic nitrogens is 3. The first-order valence-electron chi connectivity index (χ1n) is 21.6. The van der Waals surface area contributed by atoms with Gasteiger partial charge in [-0.15, -0.1) is 0 Å². The van der Waals surface area contributed by atoms with Crippen molar-refractivity contribution in [1.29, 1.82) is 0 Å². The minimum absolute atomic E-state index is 0.0379. The summed E-state index contributed by atoms with van der Waals surface area (Å²) in [5.41, 5.74) is 3.82. The lowest BCUT2D eigenvalue weighted by Crippen LogP contribution is -2.59. The average Bonchev–Trinajstić information content (AvgIpc) is 3.74. The van der Waals surface area contributed by atoms with E-state index in [4.69, 9.17) is 4.98 Å². The molecule has 4 N–H and O–H groups in total. The van der Waals surface area contributed by atoms with Crippen LogP contribution in [-0.2, 0) is 36.0 Å². The molecule has 1 aliphatic rings. The molecule has 14 nitrogen and oxygen atoms in total. The number of carbonyl (C=O) groups is 4. The van der Waals surface area contributed by atoms with Crippen molar-refractivity contribution in [3.63, 3.8) is 0 Å². The number of aliphatic hydroxyl groups is 1. The van der Waals surface area contributed by atoms with Crippen LogP contribution in [0.4, 0.5) is 9.59 Å². The molecule has 6 rings (SSSR count). The Morgan fingerprint density at radius 3 is 2.06 bits per heavy atom. The largest absolute Gasteiger partial charge is 0.465 e. The summed E-state index contributed by atoms with van der Waals surface area (Å²) in [6.45, 7) is 12.2. The van der Waals surface area contributed by atoms with E-state index in [9.17, 15) is 29.4 Å². The summed E-state index contributed by atoms with van der Waals surface area (Å²) < 4.78 is 1.99. The number of nitrogens with one attached hydrogen (secondary N) is 2. The van der Waals surface area contributed by atoms with Gasteiger partial charge >= 0.3 is 12.1 Å². The Kier molecular flexibility index (Phi) is 14.2. The fourth-order valence-corrected chi connectivity index (χ4v) is 8.73. The lowest BCUT2D eigenvalue weighted by atomic mass is 9.84. The summed E-state index contributed by atoms with van der Waals surface area (Å²) in [4.78, 5) is 68.8. The highest BCUT2D eigenvalue weighted by molar-refractivity contribution is 5.89. The van der Waals surface area contributed by atoms with Crippen LogP contribution in [0.25, 0.3) is 22.3 Å². The Morgan fingerprint density at radius 2 is 1.44 bits per heavy atom. The predicted molar refractivity (Wildman–Crippen MR) is 244 cm³/mol. The molecule has 0 spiro atoms. The van der Waals surface area contributed by atoms with Crippen LogP contribution in [-0.4, -0.2) is 114 Å². The van der Waals surface area contributed by atoms with Gasteiger partial charge < -0.3 is 35.2 Å². The van der Waals surface area contributed by atoms with Crippen molar-refractivity contribution in [3.05, 3.63) is 120 Å². The summed E-state index contributed by atoms with van der Waals surface area (Å²) in [6.07, 6.45) is -0.114. The number of urea groups is 1. The predicted octanol–water partition coefficient (Wildman–Crippen LogP) is 6.52. The van der Waals surface area contributed by atoms with Crippen molar-refractivity contribution < 1.29 is 29.4 Å². The van der Waals surface area contributed by atoms with Crippen molar-refractivity contribution in [3.8, 4) is 11.3 Å². The summed E-state index contributed by atoms with van der Waals surface area (Å²) >= 11 is 0. The molecule has 14 heteroatoms. The molecule has 0 bridgehead atoms. The van der Waals surface area contributed by atoms with Crippen LogP contribution in [0.3, 0.4) is 0 Å². The molecule has 0 aliphatic carbocycles. The van der Waals surface area contributed by atoms with Gasteiger partial charge in [0.2, 0.25) is 11.8 Å². The third-order valence-corrected chi connectivity index (χ3v) is 11.8. The molecule has 3 heterocycles. The van der Waals surface area contributed by atoms with Gasteiger partial charge in [-0.2, -0.15) is 0 Å². The van der Waals surface area contributed by atoms with Gasteiger partial charge in [0.1, 0.15) is 17.9 Å². The average molecular weight is 859 g/mol. The molecule has 1 aliphatic heterocycles. The van der Waals surface area contributed by atoms with E-state index < -0.39 is 53.1 Å². The van der Waals surface area contributed by atoms with Crippen LogP contribution in [0.2, 0.25) is 0 Å². The minimum atomic E-state index is -1.25. The van der Waals surface area contributed by atoms with Crippen LogP contribution in [0.15, 0.2) is 103 Å². The van der Waals surface area contributed by atoms with E-state index in [1.54, 1.807) is 36.8 Å². The molecule has 3 aromatic carbocycles. The maximum absolute atomic E-state index is 14.7. The van der Waals surface area contributed by atoms with E-state index in [1.807, 2.05) is 129 Å². The molecule has 5 aromatic rings. The number of carboxylic acid groups (broad SMARTS) is 1. The van der Waals surface area contributed by atoms with Gasteiger partial charge in [-0.1, -0.05) is 114 Å². The quantitative estimate of drug-likeness (QED) is 0.0869. The molecule has 334 valence electrons. The normalized spacial score (nSPS) is 15.7. The highest BCUT2D eigenvalue weighted by Crippen LogP contribution is 2.30. The van der Waals surface area contributed by atoms with E-state index in [1.165, 1.54) is 7.05 Å². The Morgan fingerprint density at radius 1 is 0.794 bits per heavy atom. The highest BCUT2D eigenvalue weighted by Gasteiger charge is 2.45. The molecule has 0 unspecified atom stereocenters.